The van der Waals surface area contributed by atoms with Gasteiger partial charge in [-0.15, -0.1) is 10.2 Å². The maximum Gasteiger partial charge on any atom is 0.167 e. The van der Waals surface area contributed by atoms with Gasteiger partial charge in [0.1, 0.15) is 23.8 Å². The molecule has 3 aromatic heterocycles. The van der Waals surface area contributed by atoms with Gasteiger partial charge in [0.05, 0.1) is 12.2 Å². The molecule has 4 rings (SSSR count). The van der Waals surface area contributed by atoms with E-state index in [4.69, 9.17) is 0 Å². The molecular formula is C20H21FN6. The van der Waals surface area contributed by atoms with E-state index >= 15 is 0 Å². The number of hydrogen-bond donors (Lipinski definition) is 0. The minimum absolute atomic E-state index is 0.269. The third-order valence-corrected chi connectivity index (χ3v) is 4.86. The molecule has 0 fully saturated rings. The molecule has 138 valence electrons. The zero-order valence-electron chi connectivity index (χ0n) is 15.6. The van der Waals surface area contributed by atoms with Crippen molar-refractivity contribution < 1.29 is 4.39 Å². The quantitative estimate of drug-likeness (QED) is 0.543. The van der Waals surface area contributed by atoms with E-state index in [0.29, 0.717) is 6.54 Å². The summed E-state index contributed by atoms with van der Waals surface area (Å²) in [5.74, 6) is 1.36. The molecule has 3 heterocycles. The van der Waals surface area contributed by atoms with Gasteiger partial charge in [-0.05, 0) is 31.0 Å². The molecule has 0 N–H and O–H groups in total. The van der Waals surface area contributed by atoms with Crippen molar-refractivity contribution in [1.82, 2.24) is 29.1 Å². The first-order chi connectivity index (χ1) is 13.1. The van der Waals surface area contributed by atoms with E-state index < -0.39 is 0 Å². The summed E-state index contributed by atoms with van der Waals surface area (Å²) in [5.41, 5.74) is 4.61. The monoisotopic (exact) mass is 364 g/mol. The second-order valence-corrected chi connectivity index (χ2v) is 6.52. The van der Waals surface area contributed by atoms with Crippen LogP contribution >= 0.6 is 0 Å². The maximum atomic E-state index is 13.8. The molecule has 0 saturated carbocycles. The number of rotatable bonds is 5. The van der Waals surface area contributed by atoms with Gasteiger partial charge in [-0.2, -0.15) is 0 Å². The molecule has 7 heteroatoms. The fourth-order valence-electron chi connectivity index (χ4n) is 3.40. The van der Waals surface area contributed by atoms with Crippen molar-refractivity contribution in [2.45, 2.75) is 40.2 Å². The number of nitrogens with zero attached hydrogens (tertiary/aromatic N) is 6. The fourth-order valence-corrected chi connectivity index (χ4v) is 3.40. The Morgan fingerprint density at radius 2 is 1.93 bits per heavy atom. The molecule has 0 bridgehead atoms. The highest BCUT2D eigenvalue weighted by Crippen LogP contribution is 2.24. The van der Waals surface area contributed by atoms with Gasteiger partial charge in [0.25, 0.3) is 0 Å². The van der Waals surface area contributed by atoms with Gasteiger partial charge in [-0.25, -0.2) is 14.4 Å². The molecule has 4 aromatic rings. The Balaban J connectivity index is 1.78. The predicted octanol–water partition coefficient (Wildman–Crippen LogP) is 3.61. The third kappa shape index (κ3) is 2.99. The van der Waals surface area contributed by atoms with Crippen LogP contribution in [-0.2, 0) is 19.4 Å². The Labute approximate surface area is 156 Å². The molecule has 0 aliphatic rings. The van der Waals surface area contributed by atoms with Crippen molar-refractivity contribution >= 4 is 5.65 Å². The van der Waals surface area contributed by atoms with E-state index in [1.165, 1.54) is 12.1 Å². The van der Waals surface area contributed by atoms with Crippen LogP contribution in [0.4, 0.5) is 4.39 Å². The van der Waals surface area contributed by atoms with E-state index in [1.54, 1.807) is 18.6 Å². The summed E-state index contributed by atoms with van der Waals surface area (Å²) >= 11 is 0. The van der Waals surface area contributed by atoms with E-state index in [-0.39, 0.29) is 5.82 Å². The zero-order valence-corrected chi connectivity index (χ0v) is 15.6. The first-order valence-electron chi connectivity index (χ1n) is 9.10. The number of aryl methyl sites for hydroxylation is 3. The van der Waals surface area contributed by atoms with Gasteiger partial charge in [0.2, 0.25) is 0 Å². The van der Waals surface area contributed by atoms with Crippen molar-refractivity contribution in [1.29, 1.82) is 0 Å². The highest BCUT2D eigenvalue weighted by atomic mass is 19.1. The third-order valence-electron chi connectivity index (χ3n) is 4.86. The van der Waals surface area contributed by atoms with E-state index in [1.807, 2.05) is 22.1 Å². The highest BCUT2D eigenvalue weighted by Gasteiger charge is 2.16. The lowest BCUT2D eigenvalue weighted by Gasteiger charge is -2.13. The average molecular weight is 364 g/mol. The van der Waals surface area contributed by atoms with Gasteiger partial charge >= 0.3 is 0 Å². The van der Waals surface area contributed by atoms with Gasteiger partial charge < -0.3 is 4.57 Å². The van der Waals surface area contributed by atoms with E-state index in [2.05, 4.69) is 34.0 Å². The van der Waals surface area contributed by atoms with Crippen LogP contribution < -0.4 is 0 Å². The van der Waals surface area contributed by atoms with Gasteiger partial charge in [0.15, 0.2) is 5.65 Å². The normalized spacial score (nSPS) is 11.4. The van der Waals surface area contributed by atoms with Gasteiger partial charge in [-0.1, -0.05) is 19.9 Å². The minimum Gasteiger partial charge on any atom is -0.325 e. The lowest BCUT2D eigenvalue weighted by Crippen LogP contribution is -2.09. The van der Waals surface area contributed by atoms with Crippen molar-refractivity contribution in [2.24, 2.45) is 0 Å². The zero-order chi connectivity index (χ0) is 19.0. The first kappa shape index (κ1) is 17.3. The lowest BCUT2D eigenvalue weighted by molar-refractivity contribution is 0.627. The van der Waals surface area contributed by atoms with Crippen molar-refractivity contribution in [3.63, 3.8) is 0 Å². The molecule has 0 radical (unpaired) electrons. The van der Waals surface area contributed by atoms with Crippen molar-refractivity contribution in [3.8, 4) is 11.4 Å². The summed E-state index contributed by atoms with van der Waals surface area (Å²) < 4.78 is 17.7. The van der Waals surface area contributed by atoms with Crippen LogP contribution in [0.5, 0.6) is 0 Å². The Morgan fingerprint density at radius 3 is 2.70 bits per heavy atom. The summed E-state index contributed by atoms with van der Waals surface area (Å²) in [6, 6.07) is 4.76. The van der Waals surface area contributed by atoms with Crippen molar-refractivity contribution in [3.05, 3.63) is 65.4 Å². The number of halogens is 1. The van der Waals surface area contributed by atoms with Crippen LogP contribution in [0.1, 0.15) is 36.5 Å². The molecule has 6 nitrogen and oxygen atoms in total. The Hall–Kier alpha value is -3.09. The van der Waals surface area contributed by atoms with E-state index in [0.717, 1.165) is 52.5 Å². The highest BCUT2D eigenvalue weighted by molar-refractivity contribution is 5.61. The summed E-state index contributed by atoms with van der Waals surface area (Å²) in [5, 5.41) is 8.61. The topological polar surface area (TPSA) is 60.9 Å². The minimum atomic E-state index is -0.269. The predicted molar refractivity (Wildman–Crippen MR) is 101 cm³/mol. The number of imidazole rings is 1. The second kappa shape index (κ2) is 6.90. The van der Waals surface area contributed by atoms with Gasteiger partial charge in [-0.3, -0.25) is 4.40 Å². The van der Waals surface area contributed by atoms with Crippen LogP contribution in [0.3, 0.4) is 0 Å². The summed E-state index contributed by atoms with van der Waals surface area (Å²) in [7, 11) is 0. The smallest absolute Gasteiger partial charge is 0.167 e. The summed E-state index contributed by atoms with van der Waals surface area (Å²) in [6.45, 7) is 6.64. The molecule has 0 amide bonds. The molecule has 27 heavy (non-hydrogen) atoms. The molecular weight excluding hydrogens is 343 g/mol. The Morgan fingerprint density at radius 1 is 1.07 bits per heavy atom. The number of hydrogen-bond acceptors (Lipinski definition) is 4. The molecule has 0 unspecified atom stereocenters. The molecule has 0 aliphatic carbocycles. The Bertz CT molecular complexity index is 1110. The SMILES string of the molecule is CCc1c(Cn2ccnc2-c2cc(F)ccc2C)ncn2c(CC)nnc12. The largest absolute Gasteiger partial charge is 0.325 e. The number of aromatic nitrogens is 6. The van der Waals surface area contributed by atoms with Crippen LogP contribution in [0.2, 0.25) is 0 Å². The molecule has 0 saturated heterocycles. The van der Waals surface area contributed by atoms with E-state index in [9.17, 15) is 4.39 Å². The summed E-state index contributed by atoms with van der Waals surface area (Å²) in [6.07, 6.45) is 7.02. The Kier molecular flexibility index (Phi) is 4.43. The standard InChI is InChI=1S/C20H21FN6/c1-4-15-17(23-12-27-18(5-2)24-25-20(15)27)11-26-9-8-22-19(26)16-10-14(21)7-6-13(16)3/h6-10,12H,4-5,11H2,1-3H3. The molecule has 0 atom stereocenters. The van der Waals surface area contributed by atoms with Crippen LogP contribution in [-0.4, -0.2) is 29.1 Å². The average Bonchev–Trinajstić information content (AvgIpc) is 3.30. The van der Waals surface area contributed by atoms with Crippen LogP contribution in [0, 0.1) is 12.7 Å². The molecule has 1 aromatic carbocycles. The summed E-state index contributed by atoms with van der Waals surface area (Å²) in [4.78, 5) is 9.12. The lowest BCUT2D eigenvalue weighted by atomic mass is 10.1. The maximum absolute atomic E-state index is 13.8. The fraction of sp³-hybridized carbons (Fsp3) is 0.300. The molecule has 0 spiro atoms. The number of fused-ring (bicyclic) bond motifs is 1. The molecule has 0 aliphatic heterocycles. The van der Waals surface area contributed by atoms with Gasteiger partial charge in [0, 0.05) is 29.9 Å². The number of benzene rings is 1. The van der Waals surface area contributed by atoms with Crippen LogP contribution in [0.15, 0.2) is 36.9 Å². The van der Waals surface area contributed by atoms with Crippen molar-refractivity contribution in [2.75, 3.05) is 0 Å². The second-order valence-electron chi connectivity index (χ2n) is 6.52. The first-order valence-corrected chi connectivity index (χ1v) is 9.10. The van der Waals surface area contributed by atoms with Crippen LogP contribution in [0.25, 0.3) is 17.0 Å².